The van der Waals surface area contributed by atoms with E-state index in [2.05, 4.69) is 50.9 Å². The van der Waals surface area contributed by atoms with Crippen molar-refractivity contribution >= 4 is 0 Å². The molecule has 0 amide bonds. The topological polar surface area (TPSA) is 66.0 Å². The fourth-order valence-corrected chi connectivity index (χ4v) is 3.37. The van der Waals surface area contributed by atoms with Crippen molar-refractivity contribution < 1.29 is 9.15 Å². The van der Waals surface area contributed by atoms with Crippen LogP contribution >= 0.6 is 0 Å². The number of ether oxygens (including phenoxy) is 1. The molecule has 1 saturated heterocycles. The van der Waals surface area contributed by atoms with Crippen LogP contribution in [0.3, 0.4) is 0 Å². The molecule has 0 radical (unpaired) electrons. The van der Waals surface area contributed by atoms with Crippen LogP contribution in [-0.4, -0.2) is 26.4 Å². The largest absolute Gasteiger partial charge is 0.422 e. The molecule has 6 nitrogen and oxygen atoms in total. The first-order chi connectivity index (χ1) is 12.3. The number of hydrogen-bond donors (Lipinski definition) is 0. The Morgan fingerprint density at radius 1 is 1.20 bits per heavy atom. The lowest BCUT2D eigenvalue weighted by atomic mass is 10.0. The predicted molar refractivity (Wildman–Crippen MR) is 91.9 cm³/mol. The highest BCUT2D eigenvalue weighted by Crippen LogP contribution is 2.35. The van der Waals surface area contributed by atoms with E-state index in [1.54, 1.807) is 6.20 Å². The Bertz CT molecular complexity index is 812. The maximum Gasteiger partial charge on any atom is 0.245 e. The Hall–Kier alpha value is -2.47. The third kappa shape index (κ3) is 3.64. The van der Waals surface area contributed by atoms with Gasteiger partial charge in [-0.05, 0) is 30.9 Å². The monoisotopic (exact) mass is 338 g/mol. The molecule has 1 aliphatic rings. The molecule has 2 atom stereocenters. The van der Waals surface area contributed by atoms with E-state index in [1.807, 2.05) is 12.5 Å². The zero-order chi connectivity index (χ0) is 17.1. The third-order valence-electron chi connectivity index (χ3n) is 4.81. The Morgan fingerprint density at radius 3 is 2.96 bits per heavy atom. The summed E-state index contributed by atoms with van der Waals surface area (Å²) in [6.07, 6.45) is 8.11. The average molecular weight is 338 g/mol. The van der Waals surface area contributed by atoms with Crippen molar-refractivity contribution in [2.24, 2.45) is 5.92 Å². The summed E-state index contributed by atoms with van der Waals surface area (Å²) in [4.78, 5) is 4.10. The molecule has 1 aromatic carbocycles. The highest BCUT2D eigenvalue weighted by molar-refractivity contribution is 5.25. The van der Waals surface area contributed by atoms with Crippen LogP contribution < -0.4 is 0 Å². The molecule has 0 saturated carbocycles. The molecule has 6 heteroatoms. The van der Waals surface area contributed by atoms with Crippen LogP contribution in [0.5, 0.6) is 0 Å². The van der Waals surface area contributed by atoms with E-state index < -0.39 is 0 Å². The highest BCUT2D eigenvalue weighted by atomic mass is 16.5. The van der Waals surface area contributed by atoms with Crippen LogP contribution in [0.2, 0.25) is 0 Å². The van der Waals surface area contributed by atoms with Crippen molar-refractivity contribution in [3.05, 3.63) is 65.9 Å². The SMILES string of the molecule is Cc1ccccc1CCc1nnc([C@H]2OCC[C@H]2Cn2ccnc2)o1. The van der Waals surface area contributed by atoms with Gasteiger partial charge in [-0.2, -0.15) is 0 Å². The van der Waals surface area contributed by atoms with Crippen LogP contribution in [0.15, 0.2) is 47.4 Å². The van der Waals surface area contributed by atoms with Gasteiger partial charge in [0, 0.05) is 37.9 Å². The number of imidazole rings is 1. The van der Waals surface area contributed by atoms with Crippen molar-refractivity contribution in [1.82, 2.24) is 19.7 Å². The minimum atomic E-state index is -0.123. The quantitative estimate of drug-likeness (QED) is 0.691. The van der Waals surface area contributed by atoms with Crippen LogP contribution in [-0.2, 0) is 24.1 Å². The van der Waals surface area contributed by atoms with Crippen LogP contribution in [0.1, 0.15) is 35.4 Å². The summed E-state index contributed by atoms with van der Waals surface area (Å²) < 4.78 is 13.8. The normalized spacial score (nSPS) is 20.2. The lowest BCUT2D eigenvalue weighted by molar-refractivity contribution is 0.0628. The van der Waals surface area contributed by atoms with E-state index in [1.165, 1.54) is 11.1 Å². The number of aryl methyl sites for hydroxylation is 3. The third-order valence-corrected chi connectivity index (χ3v) is 4.81. The molecule has 3 heterocycles. The van der Waals surface area contributed by atoms with Gasteiger partial charge in [0.05, 0.1) is 6.33 Å². The van der Waals surface area contributed by atoms with Gasteiger partial charge >= 0.3 is 0 Å². The van der Waals surface area contributed by atoms with E-state index in [-0.39, 0.29) is 6.10 Å². The molecule has 0 bridgehead atoms. The van der Waals surface area contributed by atoms with E-state index in [0.717, 1.165) is 32.4 Å². The van der Waals surface area contributed by atoms with Crippen LogP contribution in [0.4, 0.5) is 0 Å². The zero-order valence-electron chi connectivity index (χ0n) is 14.3. The second kappa shape index (κ2) is 7.19. The zero-order valence-corrected chi connectivity index (χ0v) is 14.3. The van der Waals surface area contributed by atoms with Gasteiger partial charge in [-0.1, -0.05) is 24.3 Å². The summed E-state index contributed by atoms with van der Waals surface area (Å²) in [5, 5.41) is 8.47. The van der Waals surface area contributed by atoms with Gasteiger partial charge in [-0.15, -0.1) is 10.2 Å². The van der Waals surface area contributed by atoms with Crippen LogP contribution in [0.25, 0.3) is 0 Å². The van der Waals surface area contributed by atoms with Gasteiger partial charge in [0.1, 0.15) is 6.10 Å². The fourth-order valence-electron chi connectivity index (χ4n) is 3.37. The molecule has 3 aromatic rings. The van der Waals surface area contributed by atoms with Crippen molar-refractivity contribution in [2.45, 2.75) is 38.8 Å². The summed E-state index contributed by atoms with van der Waals surface area (Å²) in [6, 6.07) is 8.39. The molecule has 0 spiro atoms. The molecule has 130 valence electrons. The summed E-state index contributed by atoms with van der Waals surface area (Å²) >= 11 is 0. The van der Waals surface area contributed by atoms with Gasteiger partial charge in [0.25, 0.3) is 0 Å². The van der Waals surface area contributed by atoms with E-state index in [0.29, 0.717) is 17.7 Å². The Kier molecular flexibility index (Phi) is 4.61. The second-order valence-electron chi connectivity index (χ2n) is 6.56. The van der Waals surface area contributed by atoms with Gasteiger partial charge in [-0.25, -0.2) is 4.98 Å². The smallest absolute Gasteiger partial charge is 0.245 e. The lowest BCUT2D eigenvalue weighted by Crippen LogP contribution is -2.14. The molecule has 1 aliphatic heterocycles. The number of nitrogens with zero attached hydrogens (tertiary/aromatic N) is 4. The standard InChI is InChI=1S/C19H22N4O2/c1-14-4-2-3-5-15(14)6-7-17-21-22-19(25-17)18-16(8-11-24-18)12-23-10-9-20-13-23/h2-5,9-10,13,16,18H,6-8,11-12H2,1H3/t16-,18-/m0/s1. The average Bonchev–Trinajstić information content (AvgIpc) is 3.36. The maximum atomic E-state index is 5.91. The molecule has 2 aromatic heterocycles. The maximum absolute atomic E-state index is 5.91. The number of benzene rings is 1. The summed E-state index contributed by atoms with van der Waals surface area (Å²) in [5.41, 5.74) is 2.61. The first-order valence-electron chi connectivity index (χ1n) is 8.74. The fraction of sp³-hybridized carbons (Fsp3) is 0.421. The van der Waals surface area contributed by atoms with E-state index >= 15 is 0 Å². The van der Waals surface area contributed by atoms with Crippen molar-refractivity contribution in [3.8, 4) is 0 Å². The summed E-state index contributed by atoms with van der Waals surface area (Å²) in [6.45, 7) is 3.71. The minimum Gasteiger partial charge on any atom is -0.422 e. The summed E-state index contributed by atoms with van der Waals surface area (Å²) in [7, 11) is 0. The van der Waals surface area contributed by atoms with E-state index in [9.17, 15) is 0 Å². The number of rotatable bonds is 6. The Labute approximate surface area is 146 Å². The molecule has 1 fully saturated rings. The predicted octanol–water partition coefficient (Wildman–Crippen LogP) is 3.14. The number of hydrogen-bond acceptors (Lipinski definition) is 5. The Balaban J connectivity index is 1.41. The minimum absolute atomic E-state index is 0.123. The second-order valence-corrected chi connectivity index (χ2v) is 6.56. The molecule has 0 N–H and O–H groups in total. The van der Waals surface area contributed by atoms with Crippen molar-refractivity contribution in [3.63, 3.8) is 0 Å². The van der Waals surface area contributed by atoms with E-state index in [4.69, 9.17) is 9.15 Å². The number of aromatic nitrogens is 4. The van der Waals surface area contributed by atoms with Gasteiger partial charge in [-0.3, -0.25) is 0 Å². The van der Waals surface area contributed by atoms with Gasteiger partial charge in [0.2, 0.25) is 11.8 Å². The van der Waals surface area contributed by atoms with Crippen molar-refractivity contribution in [2.75, 3.05) is 6.61 Å². The van der Waals surface area contributed by atoms with Gasteiger partial charge in [0.15, 0.2) is 0 Å². The molecule has 0 aliphatic carbocycles. The Morgan fingerprint density at radius 2 is 2.12 bits per heavy atom. The van der Waals surface area contributed by atoms with Crippen molar-refractivity contribution in [1.29, 1.82) is 0 Å². The molecule has 25 heavy (non-hydrogen) atoms. The molecule has 4 rings (SSSR count). The first kappa shape index (κ1) is 16.0. The first-order valence-corrected chi connectivity index (χ1v) is 8.74. The van der Waals surface area contributed by atoms with Crippen LogP contribution in [0, 0.1) is 12.8 Å². The highest BCUT2D eigenvalue weighted by Gasteiger charge is 2.34. The van der Waals surface area contributed by atoms with Gasteiger partial charge < -0.3 is 13.7 Å². The molecular formula is C19H22N4O2. The lowest BCUT2D eigenvalue weighted by Gasteiger charge is -2.15. The molecule has 0 unspecified atom stereocenters. The molecular weight excluding hydrogens is 316 g/mol. The summed E-state index contributed by atoms with van der Waals surface area (Å²) in [5.74, 6) is 1.61.